The lowest BCUT2D eigenvalue weighted by Gasteiger charge is -2.12. The van der Waals surface area contributed by atoms with E-state index < -0.39 is 35.4 Å². The highest BCUT2D eigenvalue weighted by atomic mass is 35.5. The number of esters is 1. The van der Waals surface area contributed by atoms with Gasteiger partial charge < -0.3 is 14.6 Å². The first-order valence-corrected chi connectivity index (χ1v) is 5.53. The van der Waals surface area contributed by atoms with E-state index in [2.05, 4.69) is 14.5 Å². The summed E-state index contributed by atoms with van der Waals surface area (Å²) in [6.07, 6.45) is -4.97. The van der Waals surface area contributed by atoms with Gasteiger partial charge in [0.1, 0.15) is 11.3 Å². The molecule has 5 nitrogen and oxygen atoms in total. The number of aromatic nitrogens is 1. The summed E-state index contributed by atoms with van der Waals surface area (Å²) in [6.45, 7) is 1.50. The van der Waals surface area contributed by atoms with Gasteiger partial charge in [-0.25, -0.2) is 9.78 Å². The molecule has 1 rings (SSSR count). The quantitative estimate of drug-likeness (QED) is 0.683. The maximum atomic E-state index is 12.1. The predicted octanol–water partition coefficient (Wildman–Crippen LogP) is 2.60. The Hall–Kier alpha value is -1.70. The maximum Gasteiger partial charge on any atom is 0.574 e. The van der Waals surface area contributed by atoms with E-state index in [0.29, 0.717) is 6.07 Å². The molecule has 106 valence electrons. The highest BCUT2D eigenvalue weighted by Gasteiger charge is 2.33. The van der Waals surface area contributed by atoms with Crippen LogP contribution in [0.5, 0.6) is 11.6 Å². The molecule has 0 unspecified atom stereocenters. The van der Waals surface area contributed by atoms with Crippen LogP contribution >= 0.6 is 11.6 Å². The van der Waals surface area contributed by atoms with Crippen molar-refractivity contribution in [2.75, 3.05) is 6.61 Å². The van der Waals surface area contributed by atoms with Crippen LogP contribution in [0.1, 0.15) is 23.0 Å². The molecule has 0 atom stereocenters. The molecule has 0 aromatic carbocycles. The van der Waals surface area contributed by atoms with Crippen molar-refractivity contribution in [2.45, 2.75) is 19.2 Å². The van der Waals surface area contributed by atoms with Crippen molar-refractivity contribution in [3.8, 4) is 11.6 Å². The Morgan fingerprint density at radius 2 is 2.16 bits per heavy atom. The number of halogens is 4. The van der Waals surface area contributed by atoms with Gasteiger partial charge in [-0.05, 0) is 6.92 Å². The average Bonchev–Trinajstić information content (AvgIpc) is 2.29. The molecule has 1 aromatic rings. The summed E-state index contributed by atoms with van der Waals surface area (Å²) in [7, 11) is 0. The molecule has 0 bridgehead atoms. The van der Waals surface area contributed by atoms with Gasteiger partial charge in [0.05, 0.1) is 12.5 Å². The number of nitrogens with zero attached hydrogens (tertiary/aromatic N) is 1. The molecule has 0 spiro atoms. The van der Waals surface area contributed by atoms with Crippen molar-refractivity contribution < 1.29 is 32.5 Å². The summed E-state index contributed by atoms with van der Waals surface area (Å²) in [4.78, 5) is 14.8. The average molecular weight is 300 g/mol. The fraction of sp³-hybridized carbons (Fsp3) is 0.400. The third-order valence-corrected chi connectivity index (χ3v) is 2.14. The molecule has 9 heteroatoms. The fourth-order valence-electron chi connectivity index (χ4n) is 1.19. The van der Waals surface area contributed by atoms with Gasteiger partial charge in [-0.1, -0.05) is 0 Å². The number of hydrogen-bond donors (Lipinski definition) is 1. The molecule has 0 saturated carbocycles. The second-order valence-electron chi connectivity index (χ2n) is 3.21. The second-order valence-corrected chi connectivity index (χ2v) is 3.47. The van der Waals surface area contributed by atoms with Crippen LogP contribution in [0.25, 0.3) is 0 Å². The van der Waals surface area contributed by atoms with Crippen molar-refractivity contribution >= 4 is 17.6 Å². The van der Waals surface area contributed by atoms with Crippen LogP contribution in [0.3, 0.4) is 0 Å². The fourth-order valence-corrected chi connectivity index (χ4v) is 1.38. The van der Waals surface area contributed by atoms with E-state index in [-0.39, 0.29) is 12.3 Å². The lowest BCUT2D eigenvalue weighted by molar-refractivity contribution is -0.276. The Morgan fingerprint density at radius 3 is 2.63 bits per heavy atom. The molecule has 0 aliphatic rings. The molecule has 1 N–H and O–H groups in total. The van der Waals surface area contributed by atoms with Gasteiger partial charge >= 0.3 is 12.3 Å². The summed E-state index contributed by atoms with van der Waals surface area (Å²) in [5.41, 5.74) is -0.807. The minimum atomic E-state index is -4.97. The standard InChI is InChI=1S/C10H9ClF3NO4/c1-2-18-9(17)5-3-7(19-10(12,13)14)15-6(4-11)8(5)16/h3,16H,2,4H2,1H3. The third kappa shape index (κ3) is 4.16. The maximum absolute atomic E-state index is 12.1. The number of ether oxygens (including phenoxy) is 2. The first-order chi connectivity index (χ1) is 8.78. The second kappa shape index (κ2) is 5.96. The number of hydrogen-bond acceptors (Lipinski definition) is 5. The molecule has 0 aliphatic heterocycles. The van der Waals surface area contributed by atoms with Crippen LogP contribution in [-0.2, 0) is 10.6 Å². The zero-order chi connectivity index (χ0) is 14.6. The Bertz CT molecular complexity index is 479. The summed E-state index contributed by atoms with van der Waals surface area (Å²) in [6, 6.07) is 0.636. The highest BCUT2D eigenvalue weighted by molar-refractivity contribution is 6.17. The van der Waals surface area contributed by atoms with Crippen LogP contribution in [-0.4, -0.2) is 29.0 Å². The number of aromatic hydroxyl groups is 1. The van der Waals surface area contributed by atoms with Crippen LogP contribution in [0.15, 0.2) is 6.07 Å². The molecular formula is C10H9ClF3NO4. The summed E-state index contributed by atoms with van der Waals surface area (Å²) < 4.78 is 44.4. The molecular weight excluding hydrogens is 291 g/mol. The minimum absolute atomic E-state index is 0.00767. The van der Waals surface area contributed by atoms with Gasteiger partial charge in [0.2, 0.25) is 5.88 Å². The largest absolute Gasteiger partial charge is 0.574 e. The Kier molecular flexibility index (Phi) is 4.82. The topological polar surface area (TPSA) is 68.7 Å². The smallest absolute Gasteiger partial charge is 0.505 e. The molecule has 0 aliphatic carbocycles. The van der Waals surface area contributed by atoms with Gasteiger partial charge in [0, 0.05) is 6.07 Å². The number of carbonyl (C=O) groups excluding carboxylic acids is 1. The van der Waals surface area contributed by atoms with Gasteiger partial charge in [-0.15, -0.1) is 24.8 Å². The van der Waals surface area contributed by atoms with Gasteiger partial charge in [0.25, 0.3) is 0 Å². The Balaban J connectivity index is 3.22. The summed E-state index contributed by atoms with van der Waals surface area (Å²) in [5.74, 6) is -2.93. The first kappa shape index (κ1) is 15.4. The Labute approximate surface area is 110 Å². The van der Waals surface area contributed by atoms with Gasteiger partial charge in [-0.2, -0.15) is 0 Å². The van der Waals surface area contributed by atoms with Crippen LogP contribution < -0.4 is 4.74 Å². The van der Waals surface area contributed by atoms with Crippen LogP contribution in [0, 0.1) is 0 Å². The van der Waals surface area contributed by atoms with E-state index in [4.69, 9.17) is 11.6 Å². The number of carbonyl (C=O) groups is 1. The minimum Gasteiger partial charge on any atom is -0.505 e. The van der Waals surface area contributed by atoms with Crippen LogP contribution in [0.4, 0.5) is 13.2 Å². The van der Waals surface area contributed by atoms with E-state index >= 15 is 0 Å². The van der Waals surface area contributed by atoms with E-state index in [1.54, 1.807) is 0 Å². The number of alkyl halides is 4. The van der Waals surface area contributed by atoms with Gasteiger partial charge in [0.15, 0.2) is 5.75 Å². The highest BCUT2D eigenvalue weighted by Crippen LogP contribution is 2.30. The van der Waals surface area contributed by atoms with Gasteiger partial charge in [-0.3, -0.25) is 0 Å². The summed E-state index contributed by atoms with van der Waals surface area (Å²) in [5, 5.41) is 9.62. The van der Waals surface area contributed by atoms with E-state index in [1.165, 1.54) is 6.92 Å². The molecule has 19 heavy (non-hydrogen) atoms. The molecule has 0 saturated heterocycles. The Morgan fingerprint density at radius 1 is 1.53 bits per heavy atom. The number of rotatable bonds is 4. The third-order valence-electron chi connectivity index (χ3n) is 1.88. The summed E-state index contributed by atoms with van der Waals surface area (Å²) >= 11 is 5.42. The lowest BCUT2D eigenvalue weighted by atomic mass is 10.2. The SMILES string of the molecule is CCOC(=O)c1cc(OC(F)(F)F)nc(CCl)c1O. The van der Waals surface area contributed by atoms with Crippen molar-refractivity contribution in [1.29, 1.82) is 0 Å². The molecule has 0 radical (unpaired) electrons. The van der Waals surface area contributed by atoms with Crippen molar-refractivity contribution in [1.82, 2.24) is 4.98 Å². The first-order valence-electron chi connectivity index (χ1n) is 5.00. The van der Waals surface area contributed by atoms with E-state index in [1.807, 2.05) is 0 Å². The molecule has 0 fully saturated rings. The number of pyridine rings is 1. The molecule has 1 heterocycles. The van der Waals surface area contributed by atoms with Crippen molar-refractivity contribution in [2.24, 2.45) is 0 Å². The molecule has 0 amide bonds. The monoisotopic (exact) mass is 299 g/mol. The van der Waals surface area contributed by atoms with E-state index in [0.717, 1.165) is 0 Å². The lowest BCUT2D eigenvalue weighted by Crippen LogP contribution is -2.19. The zero-order valence-corrected chi connectivity index (χ0v) is 10.4. The van der Waals surface area contributed by atoms with Crippen LogP contribution in [0.2, 0.25) is 0 Å². The van der Waals surface area contributed by atoms with Crippen molar-refractivity contribution in [3.05, 3.63) is 17.3 Å². The zero-order valence-electron chi connectivity index (χ0n) is 9.62. The van der Waals surface area contributed by atoms with E-state index in [9.17, 15) is 23.1 Å². The van der Waals surface area contributed by atoms with Crippen molar-refractivity contribution in [3.63, 3.8) is 0 Å². The normalized spacial score (nSPS) is 11.2. The molecule has 1 aromatic heterocycles. The predicted molar refractivity (Wildman–Crippen MR) is 58.1 cm³/mol.